The third-order valence-electron chi connectivity index (χ3n) is 4.74. The normalized spacial score (nSPS) is 27.3. The van der Waals surface area contributed by atoms with Crippen molar-refractivity contribution in [2.75, 3.05) is 26.2 Å². The van der Waals surface area contributed by atoms with E-state index in [9.17, 15) is 0 Å². The highest BCUT2D eigenvalue weighted by molar-refractivity contribution is 4.79. The van der Waals surface area contributed by atoms with Gasteiger partial charge in [0.25, 0.3) is 0 Å². The van der Waals surface area contributed by atoms with Gasteiger partial charge in [-0.25, -0.2) is 0 Å². The Morgan fingerprint density at radius 1 is 1.00 bits per heavy atom. The summed E-state index contributed by atoms with van der Waals surface area (Å²) in [5, 5.41) is 3.57. The minimum atomic E-state index is 0.898. The summed E-state index contributed by atoms with van der Waals surface area (Å²) in [4.78, 5) is 2.84. The fourth-order valence-corrected chi connectivity index (χ4v) is 3.74. The van der Waals surface area contributed by atoms with Crippen LogP contribution in [-0.2, 0) is 0 Å². The van der Waals surface area contributed by atoms with Crippen LogP contribution in [0.15, 0.2) is 0 Å². The summed E-state index contributed by atoms with van der Waals surface area (Å²) in [6.45, 7) is 7.51. The minimum Gasteiger partial charge on any atom is -0.316 e. The van der Waals surface area contributed by atoms with Gasteiger partial charge in [-0.1, -0.05) is 32.6 Å². The first-order valence-corrected chi connectivity index (χ1v) is 8.35. The van der Waals surface area contributed by atoms with E-state index in [1.165, 1.54) is 84.0 Å². The zero-order valence-corrected chi connectivity index (χ0v) is 12.3. The highest BCUT2D eigenvalue weighted by atomic mass is 15.2. The lowest BCUT2D eigenvalue weighted by molar-refractivity contribution is 0.141. The Hall–Kier alpha value is -0.0800. The van der Waals surface area contributed by atoms with Gasteiger partial charge in [-0.05, 0) is 57.7 Å². The molecular weight excluding hydrogens is 220 g/mol. The van der Waals surface area contributed by atoms with E-state index in [0.29, 0.717) is 0 Å². The number of rotatable bonds is 5. The first-order chi connectivity index (χ1) is 8.90. The lowest BCUT2D eigenvalue weighted by Crippen LogP contribution is -2.43. The van der Waals surface area contributed by atoms with Crippen LogP contribution in [0.1, 0.15) is 64.7 Å². The van der Waals surface area contributed by atoms with Crippen LogP contribution in [0.5, 0.6) is 0 Å². The van der Waals surface area contributed by atoms with Crippen LogP contribution in [0.3, 0.4) is 0 Å². The van der Waals surface area contributed by atoms with E-state index in [1.54, 1.807) is 0 Å². The van der Waals surface area contributed by atoms with Crippen LogP contribution in [0.2, 0.25) is 0 Å². The number of nitrogens with zero attached hydrogens (tertiary/aromatic N) is 1. The quantitative estimate of drug-likeness (QED) is 0.754. The van der Waals surface area contributed by atoms with Gasteiger partial charge in [0.1, 0.15) is 0 Å². The lowest BCUT2D eigenvalue weighted by atomic mass is 9.97. The van der Waals surface area contributed by atoms with E-state index >= 15 is 0 Å². The topological polar surface area (TPSA) is 15.3 Å². The van der Waals surface area contributed by atoms with E-state index in [1.807, 2.05) is 0 Å². The molecule has 1 heterocycles. The summed E-state index contributed by atoms with van der Waals surface area (Å²) in [6.07, 6.45) is 12.9. The number of hydrogen-bond donors (Lipinski definition) is 1. The maximum atomic E-state index is 3.57. The molecule has 106 valence electrons. The fourth-order valence-electron chi connectivity index (χ4n) is 3.74. The molecule has 0 radical (unpaired) electrons. The molecule has 1 saturated heterocycles. The summed E-state index contributed by atoms with van der Waals surface area (Å²) >= 11 is 0. The van der Waals surface area contributed by atoms with Crippen LogP contribution in [-0.4, -0.2) is 37.1 Å². The maximum Gasteiger partial charge on any atom is 0.00953 e. The molecule has 1 N–H and O–H groups in total. The third-order valence-corrected chi connectivity index (χ3v) is 4.74. The van der Waals surface area contributed by atoms with Crippen molar-refractivity contribution < 1.29 is 0 Å². The second-order valence-electron chi connectivity index (χ2n) is 6.35. The van der Waals surface area contributed by atoms with E-state index in [0.717, 1.165) is 12.0 Å². The van der Waals surface area contributed by atoms with Crippen LogP contribution in [0.25, 0.3) is 0 Å². The Balaban J connectivity index is 1.84. The van der Waals surface area contributed by atoms with Gasteiger partial charge in [-0.2, -0.15) is 0 Å². The molecule has 0 aromatic carbocycles. The Morgan fingerprint density at radius 3 is 2.39 bits per heavy atom. The van der Waals surface area contributed by atoms with Crippen molar-refractivity contribution in [2.45, 2.75) is 70.8 Å². The van der Waals surface area contributed by atoms with Gasteiger partial charge < -0.3 is 10.2 Å². The molecule has 2 fully saturated rings. The summed E-state index contributed by atoms with van der Waals surface area (Å²) in [6, 6.07) is 0.898. The van der Waals surface area contributed by atoms with E-state index in [2.05, 4.69) is 17.1 Å². The first kappa shape index (κ1) is 14.3. The van der Waals surface area contributed by atoms with Gasteiger partial charge >= 0.3 is 0 Å². The van der Waals surface area contributed by atoms with Crippen LogP contribution in [0, 0.1) is 5.92 Å². The van der Waals surface area contributed by atoms with Gasteiger partial charge in [0.2, 0.25) is 0 Å². The van der Waals surface area contributed by atoms with Crippen molar-refractivity contribution in [3.63, 3.8) is 0 Å². The van der Waals surface area contributed by atoms with Gasteiger partial charge in [-0.15, -0.1) is 0 Å². The molecule has 2 aliphatic rings. The third kappa shape index (κ3) is 4.55. The molecule has 0 bridgehead atoms. The molecule has 18 heavy (non-hydrogen) atoms. The lowest BCUT2D eigenvalue weighted by Gasteiger charge is -2.35. The Morgan fingerprint density at radius 2 is 1.78 bits per heavy atom. The molecule has 0 amide bonds. The first-order valence-electron chi connectivity index (χ1n) is 8.35. The average Bonchev–Trinajstić information content (AvgIpc) is 2.68. The molecule has 2 nitrogen and oxygen atoms in total. The monoisotopic (exact) mass is 252 g/mol. The van der Waals surface area contributed by atoms with Crippen molar-refractivity contribution in [3.8, 4) is 0 Å². The fraction of sp³-hybridized carbons (Fsp3) is 1.00. The average molecular weight is 252 g/mol. The molecule has 1 aliphatic heterocycles. The predicted molar refractivity (Wildman–Crippen MR) is 78.9 cm³/mol. The van der Waals surface area contributed by atoms with Gasteiger partial charge in [0.05, 0.1) is 0 Å². The zero-order chi connectivity index (χ0) is 12.6. The molecule has 0 aromatic rings. The van der Waals surface area contributed by atoms with E-state index < -0.39 is 0 Å². The molecule has 1 aliphatic carbocycles. The van der Waals surface area contributed by atoms with Gasteiger partial charge in [0.15, 0.2) is 0 Å². The second-order valence-corrected chi connectivity index (χ2v) is 6.35. The second kappa shape index (κ2) is 8.16. The molecule has 2 rings (SSSR count). The molecule has 0 spiro atoms. The molecule has 1 unspecified atom stereocenters. The summed E-state index contributed by atoms with van der Waals surface area (Å²) in [7, 11) is 0. The largest absolute Gasteiger partial charge is 0.316 e. The van der Waals surface area contributed by atoms with Crippen LogP contribution >= 0.6 is 0 Å². The van der Waals surface area contributed by atoms with E-state index in [4.69, 9.17) is 0 Å². The van der Waals surface area contributed by atoms with E-state index in [-0.39, 0.29) is 0 Å². The summed E-state index contributed by atoms with van der Waals surface area (Å²) in [5.74, 6) is 0.911. The predicted octanol–water partition coefficient (Wildman–Crippen LogP) is 3.42. The number of nitrogens with one attached hydrogen (secondary N) is 1. The molecule has 1 atom stereocenters. The van der Waals surface area contributed by atoms with Crippen molar-refractivity contribution in [1.29, 1.82) is 0 Å². The smallest absolute Gasteiger partial charge is 0.00953 e. The van der Waals surface area contributed by atoms with Crippen molar-refractivity contribution >= 4 is 0 Å². The SMILES string of the molecule is CCCN(CC1CCCNC1)C1CCCCCC1. The maximum absolute atomic E-state index is 3.57. The standard InChI is InChI=1S/C16H32N2/c1-2-12-18(14-15-8-7-11-17-13-15)16-9-5-3-4-6-10-16/h15-17H,2-14H2,1H3. The molecule has 1 saturated carbocycles. The van der Waals surface area contributed by atoms with Crippen molar-refractivity contribution in [1.82, 2.24) is 10.2 Å². The minimum absolute atomic E-state index is 0.898. The summed E-state index contributed by atoms with van der Waals surface area (Å²) < 4.78 is 0. The Kier molecular flexibility index (Phi) is 6.50. The molecular formula is C16H32N2. The zero-order valence-electron chi connectivity index (χ0n) is 12.3. The van der Waals surface area contributed by atoms with Crippen molar-refractivity contribution in [3.05, 3.63) is 0 Å². The highest BCUT2D eigenvalue weighted by Gasteiger charge is 2.23. The molecule has 0 aromatic heterocycles. The van der Waals surface area contributed by atoms with Crippen LogP contribution < -0.4 is 5.32 Å². The van der Waals surface area contributed by atoms with Gasteiger partial charge in [0, 0.05) is 12.6 Å². The van der Waals surface area contributed by atoms with Gasteiger partial charge in [-0.3, -0.25) is 0 Å². The highest BCUT2D eigenvalue weighted by Crippen LogP contribution is 2.24. The van der Waals surface area contributed by atoms with Crippen LogP contribution in [0.4, 0.5) is 0 Å². The molecule has 2 heteroatoms. The number of hydrogen-bond acceptors (Lipinski definition) is 2. The van der Waals surface area contributed by atoms with Crippen molar-refractivity contribution in [2.24, 2.45) is 5.92 Å². The summed E-state index contributed by atoms with van der Waals surface area (Å²) in [5.41, 5.74) is 0. The Bertz CT molecular complexity index is 203. The number of piperidine rings is 1. The Labute approximate surface area is 114 Å².